The quantitative estimate of drug-likeness (QED) is 0.440. The van der Waals surface area contributed by atoms with Crippen molar-refractivity contribution in [3.8, 4) is 0 Å². The van der Waals surface area contributed by atoms with Crippen molar-refractivity contribution in [3.63, 3.8) is 0 Å². The maximum Gasteiger partial charge on any atom is 0.344 e. The van der Waals surface area contributed by atoms with Gasteiger partial charge in [0.05, 0.1) is 0 Å². The van der Waals surface area contributed by atoms with Crippen molar-refractivity contribution in [3.05, 3.63) is 12.7 Å². The van der Waals surface area contributed by atoms with Crippen LogP contribution in [0.2, 0.25) is 0 Å². The van der Waals surface area contributed by atoms with Crippen molar-refractivity contribution in [2.75, 3.05) is 6.61 Å². The van der Waals surface area contributed by atoms with Crippen LogP contribution in [0.1, 0.15) is 46.0 Å². The lowest BCUT2D eigenvalue weighted by Gasteiger charge is -2.46. The van der Waals surface area contributed by atoms with E-state index in [9.17, 15) is 9.59 Å². The minimum Gasteiger partial charge on any atom is -0.456 e. The third kappa shape index (κ3) is 2.18. The molecule has 4 saturated carbocycles. The summed E-state index contributed by atoms with van der Waals surface area (Å²) in [7, 11) is 0. The van der Waals surface area contributed by atoms with Gasteiger partial charge >= 0.3 is 11.9 Å². The van der Waals surface area contributed by atoms with Crippen molar-refractivity contribution >= 4 is 11.9 Å². The van der Waals surface area contributed by atoms with E-state index in [-0.39, 0.29) is 12.2 Å². The van der Waals surface area contributed by atoms with Gasteiger partial charge in [-0.3, -0.25) is 0 Å². The van der Waals surface area contributed by atoms with Gasteiger partial charge in [-0.05, 0) is 67.6 Å². The Morgan fingerprint density at radius 1 is 1.21 bits per heavy atom. The highest BCUT2D eigenvalue weighted by Crippen LogP contribution is 2.71. The predicted molar refractivity (Wildman–Crippen MR) is 88.8 cm³/mol. The Hall–Kier alpha value is -1.32. The van der Waals surface area contributed by atoms with Crippen LogP contribution in [-0.4, -0.2) is 24.1 Å². The van der Waals surface area contributed by atoms with Crippen molar-refractivity contribution in [1.82, 2.24) is 0 Å². The summed E-state index contributed by atoms with van der Waals surface area (Å²) < 4.78 is 10.8. The first kappa shape index (κ1) is 16.2. The van der Waals surface area contributed by atoms with Crippen molar-refractivity contribution in [1.29, 1.82) is 0 Å². The highest BCUT2D eigenvalue weighted by molar-refractivity contribution is 5.83. The second kappa shape index (κ2) is 5.60. The Bertz CT molecular complexity index is 570. The molecule has 0 aliphatic heterocycles. The summed E-state index contributed by atoms with van der Waals surface area (Å²) in [6.07, 6.45) is 6.97. The first-order valence-corrected chi connectivity index (χ1v) is 9.50. The Kier molecular flexibility index (Phi) is 3.77. The number of ether oxygens (including phenoxy) is 2. The fourth-order valence-electron chi connectivity index (χ4n) is 7.11. The van der Waals surface area contributed by atoms with E-state index in [4.69, 9.17) is 9.47 Å². The fourth-order valence-corrected chi connectivity index (χ4v) is 7.11. The maximum absolute atomic E-state index is 12.2. The zero-order valence-electron chi connectivity index (χ0n) is 14.7. The molecule has 4 rings (SSSR count). The average Bonchev–Trinajstić information content (AvgIpc) is 3.29. The van der Waals surface area contributed by atoms with Crippen LogP contribution < -0.4 is 0 Å². The molecule has 0 aromatic carbocycles. The molecule has 24 heavy (non-hydrogen) atoms. The van der Waals surface area contributed by atoms with Crippen LogP contribution in [0, 0.1) is 41.4 Å². The number of rotatable bonds is 5. The standard InChI is InChI=1S/C20H28O4/c1-4-16(21)23-10-17(22)24-20(5-2)9-13-8-15(20)19-14-7-12(18(13)19)6-11(14)3/h4,11-15,18-19H,1,5-10H2,2-3H3/t11?,12?,13?,14-,15-,18?,19?,20?/m0/s1. The number of esters is 2. The molecular formula is C20H28O4. The molecule has 4 fully saturated rings. The van der Waals surface area contributed by atoms with Crippen LogP contribution in [0.4, 0.5) is 0 Å². The van der Waals surface area contributed by atoms with Gasteiger partial charge in [0.1, 0.15) is 5.60 Å². The number of hydrogen-bond acceptors (Lipinski definition) is 4. The molecule has 0 radical (unpaired) electrons. The molecule has 4 heteroatoms. The molecule has 0 aromatic rings. The summed E-state index contributed by atoms with van der Waals surface area (Å²) in [5.41, 5.74) is -0.326. The van der Waals surface area contributed by atoms with E-state index in [1.165, 1.54) is 19.3 Å². The molecule has 8 atom stereocenters. The lowest BCUT2D eigenvalue weighted by Crippen LogP contribution is -2.48. The summed E-state index contributed by atoms with van der Waals surface area (Å²) in [5.74, 6) is 4.46. The second-order valence-corrected chi connectivity index (χ2v) is 8.54. The van der Waals surface area contributed by atoms with Gasteiger partial charge in [0, 0.05) is 12.0 Å². The van der Waals surface area contributed by atoms with E-state index in [0.717, 1.165) is 54.4 Å². The van der Waals surface area contributed by atoms with Crippen molar-refractivity contribution in [2.24, 2.45) is 41.4 Å². The van der Waals surface area contributed by atoms with E-state index in [1.807, 2.05) is 0 Å². The van der Waals surface area contributed by atoms with Gasteiger partial charge in [-0.2, -0.15) is 0 Å². The molecule has 0 amide bonds. The molecule has 4 nitrogen and oxygen atoms in total. The second-order valence-electron chi connectivity index (χ2n) is 8.54. The molecule has 0 saturated heterocycles. The molecule has 0 aromatic heterocycles. The molecule has 6 unspecified atom stereocenters. The summed E-state index contributed by atoms with van der Waals surface area (Å²) in [4.78, 5) is 23.4. The minimum atomic E-state index is -0.576. The van der Waals surface area contributed by atoms with Crippen LogP contribution >= 0.6 is 0 Å². The average molecular weight is 332 g/mol. The molecule has 4 aliphatic carbocycles. The number of carbonyl (C=O) groups is 2. The third-order valence-corrected chi connectivity index (χ3v) is 7.73. The zero-order valence-corrected chi connectivity index (χ0v) is 14.7. The Morgan fingerprint density at radius 3 is 2.71 bits per heavy atom. The van der Waals surface area contributed by atoms with Crippen molar-refractivity contribution < 1.29 is 19.1 Å². The SMILES string of the molecule is C=CC(=O)OCC(=O)OC1(CC)CC2C[C@H]1C1C2C2CC(C)[C@@H]1C2. The first-order chi connectivity index (χ1) is 11.5. The van der Waals surface area contributed by atoms with Crippen LogP contribution in [0.15, 0.2) is 12.7 Å². The smallest absolute Gasteiger partial charge is 0.344 e. The number of fused-ring (bicyclic) bond motifs is 9. The summed E-state index contributed by atoms with van der Waals surface area (Å²) >= 11 is 0. The maximum atomic E-state index is 12.2. The molecule has 4 aliphatic rings. The third-order valence-electron chi connectivity index (χ3n) is 7.73. The van der Waals surface area contributed by atoms with Gasteiger partial charge < -0.3 is 9.47 Å². The molecular weight excluding hydrogens is 304 g/mol. The topological polar surface area (TPSA) is 52.6 Å². The highest BCUT2D eigenvalue weighted by atomic mass is 16.6. The van der Waals surface area contributed by atoms with E-state index >= 15 is 0 Å². The van der Waals surface area contributed by atoms with Crippen LogP contribution in [0.25, 0.3) is 0 Å². The van der Waals surface area contributed by atoms with Gasteiger partial charge in [-0.25, -0.2) is 9.59 Å². The summed E-state index contributed by atoms with van der Waals surface area (Å²) in [6, 6.07) is 0. The normalized spacial score (nSPS) is 47.5. The van der Waals surface area contributed by atoms with Crippen LogP contribution in [-0.2, 0) is 19.1 Å². The van der Waals surface area contributed by atoms with Gasteiger partial charge in [-0.1, -0.05) is 20.4 Å². The molecule has 0 spiro atoms. The van der Waals surface area contributed by atoms with Gasteiger partial charge in [0.15, 0.2) is 6.61 Å². The minimum absolute atomic E-state index is 0.305. The van der Waals surface area contributed by atoms with Gasteiger partial charge in [0.25, 0.3) is 0 Å². The number of carbonyl (C=O) groups excluding carboxylic acids is 2. The van der Waals surface area contributed by atoms with Gasteiger partial charge in [-0.15, -0.1) is 0 Å². The predicted octanol–water partition coefficient (Wildman–Crippen LogP) is 3.36. The largest absolute Gasteiger partial charge is 0.456 e. The fraction of sp³-hybridized carbons (Fsp3) is 0.800. The van der Waals surface area contributed by atoms with E-state index < -0.39 is 11.9 Å². The Balaban J connectivity index is 1.48. The van der Waals surface area contributed by atoms with E-state index in [1.54, 1.807) is 0 Å². The van der Waals surface area contributed by atoms with Gasteiger partial charge in [0.2, 0.25) is 0 Å². The Morgan fingerprint density at radius 2 is 2.00 bits per heavy atom. The Labute approximate surface area is 144 Å². The lowest BCUT2D eigenvalue weighted by molar-refractivity contribution is -0.180. The molecule has 0 N–H and O–H groups in total. The monoisotopic (exact) mass is 332 g/mol. The molecule has 4 bridgehead atoms. The van der Waals surface area contributed by atoms with Crippen molar-refractivity contribution in [2.45, 2.75) is 51.6 Å². The zero-order chi connectivity index (χ0) is 17.1. The summed E-state index contributed by atoms with van der Waals surface area (Å²) in [6.45, 7) is 7.57. The van der Waals surface area contributed by atoms with E-state index in [2.05, 4.69) is 20.4 Å². The highest BCUT2D eigenvalue weighted by Gasteiger charge is 2.68. The summed E-state index contributed by atoms with van der Waals surface area (Å²) in [5, 5.41) is 0. The lowest BCUT2D eigenvalue weighted by atomic mass is 9.63. The van der Waals surface area contributed by atoms with E-state index in [0.29, 0.717) is 5.92 Å². The molecule has 0 heterocycles. The van der Waals surface area contributed by atoms with Crippen LogP contribution in [0.3, 0.4) is 0 Å². The molecule has 132 valence electrons. The first-order valence-electron chi connectivity index (χ1n) is 9.50. The number of hydrogen-bond donors (Lipinski definition) is 0. The van der Waals surface area contributed by atoms with Crippen LogP contribution in [0.5, 0.6) is 0 Å².